The zero-order valence-electron chi connectivity index (χ0n) is 11.5. The second-order valence-electron chi connectivity index (χ2n) is 4.89. The second-order valence-corrected chi connectivity index (χ2v) is 4.89. The summed E-state index contributed by atoms with van der Waals surface area (Å²) < 4.78 is 0. The van der Waals surface area contributed by atoms with Crippen molar-refractivity contribution in [1.82, 2.24) is 0 Å². The van der Waals surface area contributed by atoms with Crippen LogP contribution >= 0.6 is 0 Å². The highest BCUT2D eigenvalue weighted by Gasteiger charge is 2.24. The lowest BCUT2D eigenvalue weighted by Gasteiger charge is -2.06. The van der Waals surface area contributed by atoms with Crippen molar-refractivity contribution in [3.8, 4) is 0 Å². The van der Waals surface area contributed by atoms with E-state index < -0.39 is 0 Å². The van der Waals surface area contributed by atoms with E-state index in [0.29, 0.717) is 17.1 Å². The summed E-state index contributed by atoms with van der Waals surface area (Å²) in [7, 11) is 1.88. The Hall–Kier alpha value is -2.62. The number of hydrogen-bond acceptors (Lipinski definition) is 4. The van der Waals surface area contributed by atoms with Gasteiger partial charge in [-0.1, -0.05) is 12.1 Å². The first-order valence-corrected chi connectivity index (χ1v) is 6.46. The fourth-order valence-corrected chi connectivity index (χ4v) is 2.51. The monoisotopic (exact) mass is 264 g/mol. The van der Waals surface area contributed by atoms with E-state index in [1.165, 1.54) is 0 Å². The molecule has 4 nitrogen and oxygen atoms in total. The number of fused-ring (bicyclic) bond motifs is 1. The van der Waals surface area contributed by atoms with Crippen LogP contribution in [0.1, 0.15) is 16.7 Å². The molecule has 0 saturated carbocycles. The first kappa shape index (κ1) is 12.4. The number of nitrogen functional groups attached to an aromatic ring is 1. The molecule has 0 bridgehead atoms. The normalized spacial score (nSPS) is 13.1. The molecule has 2 aromatic rings. The van der Waals surface area contributed by atoms with Crippen LogP contribution in [0.25, 0.3) is 0 Å². The average Bonchev–Trinajstić information content (AvgIpc) is 2.76. The fraction of sp³-hybridized carbons (Fsp3) is 0.125. The lowest BCUT2D eigenvalue weighted by Crippen LogP contribution is -2.12. The molecule has 2 aromatic carbocycles. The number of aryl methyl sites for hydroxylation is 1. The van der Waals surface area contributed by atoms with Gasteiger partial charge in [0.05, 0.1) is 17.1 Å². The van der Waals surface area contributed by atoms with E-state index in [1.54, 1.807) is 0 Å². The highest BCUT2D eigenvalue weighted by atomic mass is 14.8. The summed E-state index contributed by atoms with van der Waals surface area (Å²) in [6.45, 7) is 1.96. The van der Waals surface area contributed by atoms with Crippen molar-refractivity contribution in [3.05, 3.63) is 53.1 Å². The smallest absolute Gasteiger partial charge is 0.0965 e. The highest BCUT2D eigenvalue weighted by Crippen LogP contribution is 2.33. The van der Waals surface area contributed by atoms with Crippen LogP contribution in [0.3, 0.4) is 0 Å². The van der Waals surface area contributed by atoms with Gasteiger partial charge in [0.1, 0.15) is 0 Å². The van der Waals surface area contributed by atoms with Gasteiger partial charge in [0.15, 0.2) is 0 Å². The van der Waals surface area contributed by atoms with E-state index in [2.05, 4.69) is 10.3 Å². The molecular weight excluding hydrogens is 248 g/mol. The Morgan fingerprint density at radius 2 is 1.85 bits per heavy atom. The van der Waals surface area contributed by atoms with E-state index in [9.17, 15) is 0 Å². The first-order valence-electron chi connectivity index (χ1n) is 6.46. The van der Waals surface area contributed by atoms with E-state index in [4.69, 9.17) is 11.1 Å². The Balaban J connectivity index is 2.07. The summed E-state index contributed by atoms with van der Waals surface area (Å²) in [5.74, 6) is 0. The fourth-order valence-electron chi connectivity index (χ4n) is 2.51. The Morgan fingerprint density at radius 1 is 1.15 bits per heavy atom. The Morgan fingerprint density at radius 3 is 2.50 bits per heavy atom. The van der Waals surface area contributed by atoms with Crippen LogP contribution in [0.15, 0.2) is 41.4 Å². The zero-order chi connectivity index (χ0) is 14.3. The molecular formula is C16H16N4. The highest BCUT2D eigenvalue weighted by molar-refractivity contribution is 6.56. The number of benzene rings is 2. The van der Waals surface area contributed by atoms with E-state index in [1.807, 2.05) is 50.4 Å². The Bertz CT molecular complexity index is 727. The second kappa shape index (κ2) is 4.49. The summed E-state index contributed by atoms with van der Waals surface area (Å²) in [4.78, 5) is 4.57. The summed E-state index contributed by atoms with van der Waals surface area (Å²) in [6, 6.07) is 11.6. The molecule has 0 aliphatic carbocycles. The molecule has 100 valence electrons. The summed E-state index contributed by atoms with van der Waals surface area (Å²) >= 11 is 0. The van der Waals surface area contributed by atoms with Gasteiger partial charge in [0, 0.05) is 29.5 Å². The number of nitrogens with zero attached hydrogens (tertiary/aromatic N) is 1. The zero-order valence-corrected chi connectivity index (χ0v) is 11.5. The van der Waals surface area contributed by atoms with Crippen LogP contribution < -0.4 is 11.1 Å². The van der Waals surface area contributed by atoms with Gasteiger partial charge >= 0.3 is 0 Å². The maximum Gasteiger partial charge on any atom is 0.0965 e. The number of anilines is 2. The van der Waals surface area contributed by atoms with Crippen molar-refractivity contribution in [2.75, 3.05) is 18.1 Å². The lowest BCUT2D eigenvalue weighted by atomic mass is 9.98. The predicted octanol–water partition coefficient (Wildman–Crippen LogP) is 3.12. The van der Waals surface area contributed by atoms with Gasteiger partial charge in [-0.05, 0) is 36.8 Å². The molecule has 0 atom stereocenters. The number of rotatable bonds is 2. The number of hydrogen-bond donors (Lipinski definition) is 3. The minimum atomic E-state index is 0.467. The van der Waals surface area contributed by atoms with Crippen molar-refractivity contribution in [2.24, 2.45) is 4.99 Å². The van der Waals surface area contributed by atoms with Gasteiger partial charge in [-0.3, -0.25) is 5.41 Å². The molecule has 4 heteroatoms. The number of aliphatic imine (C=N–C) groups is 1. The van der Waals surface area contributed by atoms with E-state index >= 15 is 0 Å². The molecule has 20 heavy (non-hydrogen) atoms. The maximum atomic E-state index is 8.35. The van der Waals surface area contributed by atoms with Crippen LogP contribution in [0, 0.1) is 12.3 Å². The summed E-state index contributed by atoms with van der Waals surface area (Å²) in [6.07, 6.45) is 0. The molecule has 0 unspecified atom stereocenters. The topological polar surface area (TPSA) is 74.3 Å². The summed E-state index contributed by atoms with van der Waals surface area (Å²) in [5.41, 5.74) is 12.4. The molecule has 0 amide bonds. The number of nitrogens with one attached hydrogen (secondary N) is 2. The first-order chi connectivity index (χ1) is 9.60. The molecule has 0 spiro atoms. The quantitative estimate of drug-likeness (QED) is 0.729. The third-order valence-corrected chi connectivity index (χ3v) is 3.50. The van der Waals surface area contributed by atoms with Crippen molar-refractivity contribution < 1.29 is 0 Å². The average molecular weight is 264 g/mol. The van der Waals surface area contributed by atoms with E-state index in [-0.39, 0.29) is 0 Å². The third-order valence-electron chi connectivity index (χ3n) is 3.50. The van der Waals surface area contributed by atoms with Gasteiger partial charge in [0.25, 0.3) is 0 Å². The Kier molecular flexibility index (Phi) is 2.79. The molecule has 0 fully saturated rings. The Labute approximate surface area is 117 Å². The van der Waals surface area contributed by atoms with Gasteiger partial charge in [-0.25, -0.2) is 4.99 Å². The van der Waals surface area contributed by atoms with Gasteiger partial charge in [0.2, 0.25) is 0 Å². The van der Waals surface area contributed by atoms with Crippen LogP contribution in [-0.4, -0.2) is 18.5 Å². The van der Waals surface area contributed by atoms with Crippen molar-refractivity contribution in [1.29, 1.82) is 5.41 Å². The van der Waals surface area contributed by atoms with Gasteiger partial charge in [-0.15, -0.1) is 0 Å². The van der Waals surface area contributed by atoms with Crippen molar-refractivity contribution in [3.63, 3.8) is 0 Å². The standard InChI is InChI=1S/C16H16N4/c1-9-7-11(17)8-13-14(9)15(18)16(20-13)10-3-5-12(19-2)6-4-10/h3-8,18-19H,17H2,1-2H3. The SMILES string of the molecule is CNc1ccc(C2=Nc3cc(N)cc(C)c3C2=N)cc1. The van der Waals surface area contributed by atoms with Crippen LogP contribution in [0.2, 0.25) is 0 Å². The van der Waals surface area contributed by atoms with Crippen molar-refractivity contribution in [2.45, 2.75) is 6.92 Å². The molecule has 0 radical (unpaired) electrons. The summed E-state index contributed by atoms with van der Waals surface area (Å²) in [5, 5.41) is 11.4. The largest absolute Gasteiger partial charge is 0.399 e. The molecule has 0 aromatic heterocycles. The molecule has 4 N–H and O–H groups in total. The molecule has 0 saturated heterocycles. The minimum Gasteiger partial charge on any atom is -0.399 e. The van der Waals surface area contributed by atoms with Crippen LogP contribution in [0.4, 0.5) is 17.1 Å². The van der Waals surface area contributed by atoms with Crippen LogP contribution in [-0.2, 0) is 0 Å². The number of nitrogens with two attached hydrogens (primary N) is 1. The molecule has 1 aliphatic rings. The molecule has 1 aliphatic heterocycles. The van der Waals surface area contributed by atoms with Gasteiger partial charge < -0.3 is 11.1 Å². The molecule has 1 heterocycles. The van der Waals surface area contributed by atoms with Gasteiger partial charge in [-0.2, -0.15) is 0 Å². The maximum absolute atomic E-state index is 8.35. The van der Waals surface area contributed by atoms with Crippen LogP contribution in [0.5, 0.6) is 0 Å². The molecule has 3 rings (SSSR count). The predicted molar refractivity (Wildman–Crippen MR) is 84.6 cm³/mol. The van der Waals surface area contributed by atoms with Crippen molar-refractivity contribution >= 4 is 28.5 Å². The lowest BCUT2D eigenvalue weighted by molar-refractivity contribution is 1.41. The third kappa shape index (κ3) is 1.86. The van der Waals surface area contributed by atoms with E-state index in [0.717, 1.165) is 28.1 Å². The minimum absolute atomic E-state index is 0.467.